The fourth-order valence-corrected chi connectivity index (χ4v) is 1.73. The first-order valence-corrected chi connectivity index (χ1v) is 5.53. The van der Waals surface area contributed by atoms with Crippen molar-refractivity contribution in [3.63, 3.8) is 0 Å². The number of methoxy groups -OCH3 is 1. The van der Waals surface area contributed by atoms with Crippen LogP contribution in [0.3, 0.4) is 0 Å². The van der Waals surface area contributed by atoms with Crippen LogP contribution in [0, 0.1) is 0 Å². The number of hydrogen-bond acceptors (Lipinski definition) is 3. The predicted octanol–water partition coefficient (Wildman–Crippen LogP) is 2.94. The molecule has 1 N–H and O–H groups in total. The van der Waals surface area contributed by atoms with Gasteiger partial charge in [-0.05, 0) is 41.9 Å². The molecule has 0 amide bonds. The van der Waals surface area contributed by atoms with E-state index in [0.717, 1.165) is 0 Å². The number of benzene rings is 1. The fourth-order valence-electron chi connectivity index (χ4n) is 1.25. The lowest BCUT2D eigenvalue weighted by Gasteiger charge is -2.16. The second-order valence-corrected chi connectivity index (χ2v) is 4.28. The number of carboxylic acids is 1. The quantitative estimate of drug-likeness (QED) is 0.926. The van der Waals surface area contributed by atoms with Gasteiger partial charge in [0.2, 0.25) is 0 Å². The topological polar surface area (TPSA) is 55.8 Å². The molecule has 0 radical (unpaired) electrons. The summed E-state index contributed by atoms with van der Waals surface area (Å²) in [5.74, 6) is -0.393. The maximum absolute atomic E-state index is 11.1. The minimum Gasteiger partial charge on any atom is -0.493 e. The lowest BCUT2D eigenvalue weighted by atomic mass is 10.2. The third kappa shape index (κ3) is 2.66. The Labute approximate surface area is 102 Å². The zero-order valence-corrected chi connectivity index (χ0v) is 10.9. The molecule has 1 rings (SSSR count). The molecule has 0 spiro atoms. The van der Waals surface area contributed by atoms with E-state index in [1.54, 1.807) is 12.1 Å². The summed E-state index contributed by atoms with van der Waals surface area (Å²) in [4.78, 5) is 11.1. The second kappa shape index (κ2) is 5.21. The van der Waals surface area contributed by atoms with Crippen LogP contribution >= 0.6 is 15.9 Å². The number of halogens is 1. The van der Waals surface area contributed by atoms with Gasteiger partial charge in [0.05, 0.1) is 13.2 Å². The molecule has 0 aliphatic carbocycles. The van der Waals surface area contributed by atoms with Crippen LogP contribution in [0.1, 0.15) is 24.2 Å². The number of ether oxygens (including phenoxy) is 2. The first kappa shape index (κ1) is 12.8. The fraction of sp³-hybridized carbons (Fsp3) is 0.364. The van der Waals surface area contributed by atoms with Crippen LogP contribution in [0.5, 0.6) is 11.5 Å². The minimum absolute atomic E-state index is 0.0769. The van der Waals surface area contributed by atoms with Crippen molar-refractivity contribution in [2.45, 2.75) is 20.0 Å². The van der Waals surface area contributed by atoms with Gasteiger partial charge in [0.15, 0.2) is 11.5 Å². The average molecular weight is 289 g/mol. The van der Waals surface area contributed by atoms with E-state index < -0.39 is 5.97 Å². The second-order valence-electron chi connectivity index (χ2n) is 3.43. The first-order chi connectivity index (χ1) is 7.47. The molecule has 0 saturated carbocycles. The van der Waals surface area contributed by atoms with Crippen molar-refractivity contribution in [2.24, 2.45) is 0 Å². The van der Waals surface area contributed by atoms with Crippen LogP contribution in [0.15, 0.2) is 16.6 Å². The van der Waals surface area contributed by atoms with Crippen LogP contribution in [0.2, 0.25) is 0 Å². The molecule has 0 atom stereocenters. The van der Waals surface area contributed by atoms with E-state index in [1.165, 1.54) is 7.11 Å². The molecule has 1 aromatic rings. The molecular weight excluding hydrogens is 276 g/mol. The highest BCUT2D eigenvalue weighted by atomic mass is 79.9. The molecule has 4 nitrogen and oxygen atoms in total. The molecule has 0 aromatic heterocycles. The van der Waals surface area contributed by atoms with Gasteiger partial charge in [0, 0.05) is 4.47 Å². The summed E-state index contributed by atoms with van der Waals surface area (Å²) in [5.41, 5.74) is 0.0769. The molecule has 1 aromatic carbocycles. The Hall–Kier alpha value is -1.23. The highest BCUT2D eigenvalue weighted by Gasteiger charge is 2.21. The van der Waals surface area contributed by atoms with Crippen molar-refractivity contribution in [1.29, 1.82) is 0 Å². The van der Waals surface area contributed by atoms with Gasteiger partial charge >= 0.3 is 5.97 Å². The number of aromatic carboxylic acids is 1. The van der Waals surface area contributed by atoms with E-state index in [2.05, 4.69) is 15.9 Å². The van der Waals surface area contributed by atoms with Gasteiger partial charge in [0.25, 0.3) is 0 Å². The van der Waals surface area contributed by atoms with E-state index in [1.807, 2.05) is 13.8 Å². The summed E-state index contributed by atoms with van der Waals surface area (Å²) in [5, 5.41) is 9.11. The Morgan fingerprint density at radius 2 is 2.06 bits per heavy atom. The zero-order chi connectivity index (χ0) is 12.3. The normalized spacial score (nSPS) is 10.3. The first-order valence-electron chi connectivity index (χ1n) is 4.73. The largest absolute Gasteiger partial charge is 0.493 e. The van der Waals surface area contributed by atoms with Crippen molar-refractivity contribution in [3.8, 4) is 11.5 Å². The van der Waals surface area contributed by atoms with E-state index in [0.29, 0.717) is 10.2 Å². The van der Waals surface area contributed by atoms with Crippen LogP contribution in [0.4, 0.5) is 0 Å². The Balaban J connectivity index is 3.36. The van der Waals surface area contributed by atoms with Gasteiger partial charge in [-0.15, -0.1) is 0 Å². The van der Waals surface area contributed by atoms with Gasteiger partial charge in [0.1, 0.15) is 5.56 Å². The summed E-state index contributed by atoms with van der Waals surface area (Å²) in [7, 11) is 1.47. The standard InChI is InChI=1S/C11H13BrO4/c1-6(2)16-10-8(15-3)5-4-7(12)9(10)11(13)14/h4-6H,1-3H3,(H,13,14). The summed E-state index contributed by atoms with van der Waals surface area (Å²) < 4.78 is 11.0. The Bertz CT molecular complexity index is 401. The summed E-state index contributed by atoms with van der Waals surface area (Å²) in [6.45, 7) is 3.65. The highest BCUT2D eigenvalue weighted by Crippen LogP contribution is 2.36. The zero-order valence-electron chi connectivity index (χ0n) is 9.28. The summed E-state index contributed by atoms with van der Waals surface area (Å²) in [6.07, 6.45) is -0.124. The molecule has 0 aliphatic heterocycles. The SMILES string of the molecule is COc1ccc(Br)c(C(=O)O)c1OC(C)C. The van der Waals surface area contributed by atoms with Gasteiger partial charge < -0.3 is 14.6 Å². The maximum atomic E-state index is 11.1. The van der Waals surface area contributed by atoms with Crippen molar-refractivity contribution in [1.82, 2.24) is 0 Å². The van der Waals surface area contributed by atoms with Crippen LogP contribution in [-0.4, -0.2) is 24.3 Å². The molecule has 0 heterocycles. The van der Waals surface area contributed by atoms with E-state index in [4.69, 9.17) is 14.6 Å². The van der Waals surface area contributed by atoms with Crippen LogP contribution < -0.4 is 9.47 Å². The number of carbonyl (C=O) groups is 1. The Kier molecular flexibility index (Phi) is 4.18. The molecule has 0 bridgehead atoms. The maximum Gasteiger partial charge on any atom is 0.340 e. The molecule has 0 saturated heterocycles. The average Bonchev–Trinajstić information content (AvgIpc) is 2.16. The van der Waals surface area contributed by atoms with Gasteiger partial charge in [-0.1, -0.05) is 0 Å². The lowest BCUT2D eigenvalue weighted by Crippen LogP contribution is -2.11. The summed E-state index contributed by atoms with van der Waals surface area (Å²) >= 11 is 3.18. The summed E-state index contributed by atoms with van der Waals surface area (Å²) in [6, 6.07) is 3.28. The van der Waals surface area contributed by atoms with Crippen LogP contribution in [-0.2, 0) is 0 Å². The third-order valence-corrected chi connectivity index (χ3v) is 2.52. The number of hydrogen-bond donors (Lipinski definition) is 1. The molecule has 5 heteroatoms. The Morgan fingerprint density at radius 1 is 1.44 bits per heavy atom. The van der Waals surface area contributed by atoms with E-state index in [9.17, 15) is 4.79 Å². The van der Waals surface area contributed by atoms with E-state index in [-0.39, 0.29) is 17.4 Å². The number of carboxylic acid groups (broad SMARTS) is 1. The van der Waals surface area contributed by atoms with E-state index >= 15 is 0 Å². The van der Waals surface area contributed by atoms with Crippen molar-refractivity contribution in [2.75, 3.05) is 7.11 Å². The predicted molar refractivity (Wildman–Crippen MR) is 63.4 cm³/mol. The highest BCUT2D eigenvalue weighted by molar-refractivity contribution is 9.10. The van der Waals surface area contributed by atoms with Gasteiger partial charge in [-0.3, -0.25) is 0 Å². The lowest BCUT2D eigenvalue weighted by molar-refractivity contribution is 0.0688. The molecular formula is C11H13BrO4. The molecule has 88 valence electrons. The van der Waals surface area contributed by atoms with Crippen molar-refractivity contribution >= 4 is 21.9 Å². The Morgan fingerprint density at radius 3 is 2.50 bits per heavy atom. The van der Waals surface area contributed by atoms with Crippen molar-refractivity contribution < 1.29 is 19.4 Å². The molecule has 0 aliphatic rings. The number of rotatable bonds is 4. The molecule has 16 heavy (non-hydrogen) atoms. The van der Waals surface area contributed by atoms with Crippen LogP contribution in [0.25, 0.3) is 0 Å². The van der Waals surface area contributed by atoms with Gasteiger partial charge in [-0.2, -0.15) is 0 Å². The van der Waals surface area contributed by atoms with Crippen molar-refractivity contribution in [3.05, 3.63) is 22.2 Å². The third-order valence-electron chi connectivity index (χ3n) is 1.86. The smallest absolute Gasteiger partial charge is 0.340 e. The molecule has 0 fully saturated rings. The minimum atomic E-state index is -1.05. The molecule has 0 unspecified atom stereocenters. The monoisotopic (exact) mass is 288 g/mol. The van der Waals surface area contributed by atoms with Gasteiger partial charge in [-0.25, -0.2) is 4.79 Å².